The highest BCUT2D eigenvalue weighted by atomic mass is 32.2. The number of carbonyl (C=O) groups excluding carboxylic acids is 2. The molecule has 1 saturated heterocycles. The van der Waals surface area contributed by atoms with E-state index in [4.69, 9.17) is 5.73 Å². The van der Waals surface area contributed by atoms with Crippen LogP contribution in [0.4, 0.5) is 5.13 Å². The van der Waals surface area contributed by atoms with Crippen LogP contribution in [0.1, 0.15) is 11.3 Å². The smallest absolute Gasteiger partial charge is 0.353 e. The number of aromatic nitrogens is 3. The quantitative estimate of drug-likeness (QED) is 0.159. The molecule has 0 aliphatic carbocycles. The topological polar surface area (TPSA) is 187 Å². The van der Waals surface area contributed by atoms with Crippen LogP contribution in [0.15, 0.2) is 33.5 Å². The van der Waals surface area contributed by atoms with Crippen LogP contribution in [0.2, 0.25) is 0 Å². The van der Waals surface area contributed by atoms with Gasteiger partial charge < -0.3 is 21.4 Å². The average molecular weight is 482 g/mol. The van der Waals surface area contributed by atoms with Gasteiger partial charge in [-0.25, -0.2) is 9.78 Å². The molecule has 2 atom stereocenters. The average Bonchev–Trinajstić information content (AvgIpc) is 3.42. The highest BCUT2D eigenvalue weighted by Gasteiger charge is 2.54. The summed E-state index contributed by atoms with van der Waals surface area (Å²) in [6, 6.07) is -0.958. The van der Waals surface area contributed by atoms with Crippen molar-refractivity contribution < 1.29 is 24.7 Å². The van der Waals surface area contributed by atoms with Crippen LogP contribution in [-0.2, 0) is 20.1 Å². The summed E-state index contributed by atoms with van der Waals surface area (Å²) in [5.74, 6) is -1.71. The maximum atomic E-state index is 12.7. The third-order valence-electron chi connectivity index (χ3n) is 4.47. The summed E-state index contributed by atoms with van der Waals surface area (Å²) in [6.07, 6.45) is 3.35. The summed E-state index contributed by atoms with van der Waals surface area (Å²) >= 11 is 3.73. The van der Waals surface area contributed by atoms with Crippen molar-refractivity contribution in [3.63, 3.8) is 0 Å². The number of carbonyl (C=O) groups is 3. The Morgan fingerprint density at radius 1 is 1.48 bits per heavy atom. The van der Waals surface area contributed by atoms with Crippen molar-refractivity contribution in [1.29, 1.82) is 0 Å². The van der Waals surface area contributed by atoms with Crippen molar-refractivity contribution in [3.05, 3.63) is 39.6 Å². The second-order valence-corrected chi connectivity index (χ2v) is 9.42. The molecular weight excluding hydrogens is 466 g/mol. The number of aliphatic carboxylic acids is 1. The molecule has 2 aliphatic rings. The zero-order chi connectivity index (χ0) is 22.1. The lowest BCUT2D eigenvalue weighted by atomic mass is 10.0. The minimum absolute atomic E-state index is 0.0754. The fraction of sp³-hybridized carbons (Fsp3) is 0.250. The van der Waals surface area contributed by atoms with Gasteiger partial charge in [0.1, 0.15) is 22.8 Å². The lowest BCUT2D eigenvalue weighted by Gasteiger charge is -2.49. The number of carboxylic acids is 1. The van der Waals surface area contributed by atoms with Crippen molar-refractivity contribution >= 4 is 63.5 Å². The van der Waals surface area contributed by atoms with E-state index in [-0.39, 0.29) is 22.2 Å². The van der Waals surface area contributed by atoms with Crippen LogP contribution in [0.25, 0.3) is 0 Å². The number of carboxylic acid groups (broad SMARTS) is 1. The van der Waals surface area contributed by atoms with Gasteiger partial charge >= 0.3 is 5.97 Å². The Labute approximate surface area is 187 Å². The summed E-state index contributed by atoms with van der Waals surface area (Å²) in [4.78, 5) is 42.7. The minimum atomic E-state index is -1.21. The van der Waals surface area contributed by atoms with Gasteiger partial charge in [-0.15, -0.1) is 34.9 Å². The Hall–Kier alpha value is -3.04. The van der Waals surface area contributed by atoms with Gasteiger partial charge in [-0.1, -0.05) is 5.16 Å². The molecule has 4 heterocycles. The number of nitrogens with two attached hydrogens (primary N) is 1. The molecule has 12 nitrogen and oxygen atoms in total. The number of rotatable bonds is 7. The number of hydrogen-bond acceptors (Lipinski definition) is 11. The third kappa shape index (κ3) is 3.98. The van der Waals surface area contributed by atoms with Crippen LogP contribution in [-0.4, -0.2) is 71.1 Å². The van der Waals surface area contributed by atoms with E-state index in [2.05, 4.69) is 25.7 Å². The predicted molar refractivity (Wildman–Crippen MR) is 114 cm³/mol. The molecule has 2 aromatic heterocycles. The van der Waals surface area contributed by atoms with Crippen LogP contribution in [0.5, 0.6) is 0 Å². The molecule has 2 amide bonds. The molecule has 15 heteroatoms. The number of nitrogens with one attached hydrogen (secondary N) is 2. The lowest BCUT2D eigenvalue weighted by molar-refractivity contribution is -0.150. The van der Waals surface area contributed by atoms with Crippen LogP contribution in [0.3, 0.4) is 0 Å². The Balaban J connectivity index is 1.48. The van der Waals surface area contributed by atoms with Crippen LogP contribution in [0, 0.1) is 0 Å². The van der Waals surface area contributed by atoms with E-state index in [1.807, 2.05) is 0 Å². The largest absolute Gasteiger partial charge is 0.477 e. The van der Waals surface area contributed by atoms with Gasteiger partial charge in [0, 0.05) is 33.6 Å². The van der Waals surface area contributed by atoms with Crippen molar-refractivity contribution in [2.45, 2.75) is 17.2 Å². The molecule has 2 aromatic rings. The van der Waals surface area contributed by atoms with Gasteiger partial charge in [-0.2, -0.15) is 5.10 Å². The van der Waals surface area contributed by atoms with Crippen LogP contribution < -0.4 is 11.1 Å². The highest BCUT2D eigenvalue weighted by molar-refractivity contribution is 8.05. The second kappa shape index (κ2) is 8.60. The minimum Gasteiger partial charge on any atom is -0.477 e. The van der Waals surface area contributed by atoms with Gasteiger partial charge in [0.05, 0.1) is 6.20 Å². The fourth-order valence-electron chi connectivity index (χ4n) is 3.05. The number of nitrogens with zero attached hydrogens (tertiary/aromatic N) is 4. The Kier molecular flexibility index (Phi) is 5.88. The number of aromatic amines is 1. The van der Waals surface area contributed by atoms with Gasteiger partial charge in [-0.05, 0) is 0 Å². The van der Waals surface area contributed by atoms with E-state index in [9.17, 15) is 24.7 Å². The predicted octanol–water partition coefficient (Wildman–Crippen LogP) is 0.256. The highest BCUT2D eigenvalue weighted by Crippen LogP contribution is 2.44. The number of anilines is 1. The number of thioether (sulfide) groups is 2. The summed E-state index contributed by atoms with van der Waals surface area (Å²) in [5, 5.41) is 32.0. The second-order valence-electron chi connectivity index (χ2n) is 6.35. The maximum Gasteiger partial charge on any atom is 0.353 e. The molecule has 2 aliphatic heterocycles. The first-order valence-electron chi connectivity index (χ1n) is 8.66. The van der Waals surface area contributed by atoms with Gasteiger partial charge in [0.25, 0.3) is 11.8 Å². The number of nitrogen functional groups attached to an aromatic ring is 1. The zero-order valence-corrected chi connectivity index (χ0v) is 18.0. The molecule has 4 rings (SSSR count). The first-order chi connectivity index (χ1) is 14.9. The van der Waals surface area contributed by atoms with Crippen LogP contribution >= 0.6 is 34.9 Å². The molecule has 0 aromatic carbocycles. The van der Waals surface area contributed by atoms with E-state index in [0.717, 1.165) is 16.9 Å². The fourth-order valence-corrected chi connectivity index (χ4v) is 6.15. The molecule has 0 unspecified atom stereocenters. The summed E-state index contributed by atoms with van der Waals surface area (Å²) < 4.78 is 0. The molecule has 0 spiro atoms. The van der Waals surface area contributed by atoms with Crippen molar-refractivity contribution in [2.24, 2.45) is 5.16 Å². The number of amides is 2. The van der Waals surface area contributed by atoms with Gasteiger partial charge in [0.2, 0.25) is 0 Å². The van der Waals surface area contributed by atoms with E-state index in [1.165, 1.54) is 33.8 Å². The summed E-state index contributed by atoms with van der Waals surface area (Å²) in [5.41, 5.74) is 6.04. The number of H-pyrrole nitrogens is 1. The number of oxime groups is 1. The molecule has 31 heavy (non-hydrogen) atoms. The Morgan fingerprint density at radius 3 is 2.90 bits per heavy atom. The number of thiazole rings is 1. The first-order valence-corrected chi connectivity index (χ1v) is 11.6. The van der Waals surface area contributed by atoms with Crippen molar-refractivity contribution in [3.8, 4) is 0 Å². The normalized spacial score (nSPS) is 21.0. The summed E-state index contributed by atoms with van der Waals surface area (Å²) in [7, 11) is 0. The monoisotopic (exact) mass is 481 g/mol. The number of fused-ring (bicyclic) bond motifs is 1. The molecule has 0 radical (unpaired) electrons. The van der Waals surface area contributed by atoms with Gasteiger partial charge in [-0.3, -0.25) is 19.6 Å². The molecule has 162 valence electrons. The zero-order valence-electron chi connectivity index (χ0n) is 15.5. The van der Waals surface area contributed by atoms with E-state index < -0.39 is 29.2 Å². The van der Waals surface area contributed by atoms with Crippen molar-refractivity contribution in [2.75, 3.05) is 11.5 Å². The van der Waals surface area contributed by atoms with Crippen molar-refractivity contribution in [1.82, 2.24) is 25.4 Å². The molecular formula is C16H15N7O5S3. The Bertz CT molecular complexity index is 1100. The molecule has 1 fully saturated rings. The molecule has 6 N–H and O–H groups in total. The molecule has 0 bridgehead atoms. The maximum absolute atomic E-state index is 12.7. The lowest BCUT2D eigenvalue weighted by Crippen LogP contribution is -2.71. The third-order valence-corrected chi connectivity index (χ3v) is 7.77. The van der Waals surface area contributed by atoms with E-state index in [0.29, 0.717) is 16.4 Å². The van der Waals surface area contributed by atoms with E-state index >= 15 is 0 Å². The molecule has 0 saturated carbocycles. The standard InChI is InChI=1S/C16H15N7O5S3/c17-16-20-7(4-31-16)9(22-28)12(24)21-10-13(25)23-11(15(26)27)8(5-30-14(10)23)29-3-6-1-18-19-2-6/h1-2,4,10,14,28H,3,5H2,(H2,17,20)(H,18,19)(H,21,24)(H,26,27)/t10-,14+/m1/s1. The SMILES string of the molecule is Nc1nc(C(=NO)C(=O)N[C@@H]2C(=O)N3C(C(=O)O)=C(SCc4cn[nH]c4)CS[C@@H]23)cs1. The van der Waals surface area contributed by atoms with Gasteiger partial charge in [0.15, 0.2) is 10.8 Å². The summed E-state index contributed by atoms with van der Waals surface area (Å²) in [6.45, 7) is 0. The number of β-lactam (4-membered cyclic amide) rings is 1. The number of hydrogen-bond donors (Lipinski definition) is 5. The van der Waals surface area contributed by atoms with E-state index in [1.54, 1.807) is 12.4 Å². The Morgan fingerprint density at radius 2 is 2.29 bits per heavy atom. The first kappa shape index (κ1) is 21.2.